The van der Waals surface area contributed by atoms with Crippen molar-refractivity contribution in [1.29, 1.82) is 0 Å². The van der Waals surface area contributed by atoms with E-state index >= 15 is 0 Å². The Kier molecular flexibility index (Phi) is 4.82. The maximum Gasteiger partial charge on any atom is 0.311 e. The Morgan fingerprint density at radius 1 is 1.53 bits per heavy atom. The Labute approximate surface area is 110 Å². The van der Waals surface area contributed by atoms with Gasteiger partial charge in [0.1, 0.15) is 0 Å². The van der Waals surface area contributed by atoms with Crippen LogP contribution in [0, 0.1) is 10.1 Å². The lowest BCUT2D eigenvalue weighted by molar-refractivity contribution is -0.385. The molecular formula is C12H16N2O5. The average Bonchev–Trinajstić information content (AvgIpc) is 2.34. The number of benzene rings is 1. The predicted molar refractivity (Wildman–Crippen MR) is 68.0 cm³/mol. The van der Waals surface area contributed by atoms with Gasteiger partial charge < -0.3 is 15.1 Å². The van der Waals surface area contributed by atoms with Crippen LogP contribution in [-0.2, 0) is 0 Å². The highest BCUT2D eigenvalue weighted by Gasteiger charge is 2.23. The van der Waals surface area contributed by atoms with Gasteiger partial charge in [-0.3, -0.25) is 14.9 Å². The highest BCUT2D eigenvalue weighted by atomic mass is 16.6. The van der Waals surface area contributed by atoms with E-state index in [1.165, 1.54) is 24.1 Å². The first kappa shape index (κ1) is 14.9. The normalized spacial score (nSPS) is 11.9. The van der Waals surface area contributed by atoms with Crippen LogP contribution >= 0.6 is 0 Å². The van der Waals surface area contributed by atoms with Crippen LogP contribution in [0.4, 0.5) is 5.69 Å². The lowest BCUT2D eigenvalue weighted by Crippen LogP contribution is -2.29. The summed E-state index contributed by atoms with van der Waals surface area (Å²) in [6, 6.07) is 3.79. The van der Waals surface area contributed by atoms with Gasteiger partial charge in [-0.1, -0.05) is 6.07 Å². The van der Waals surface area contributed by atoms with Crippen molar-refractivity contribution in [2.24, 2.45) is 0 Å². The number of phenolic OH excluding ortho intramolecular Hbond substituents is 1. The number of nitro groups is 1. The molecule has 104 valence electrons. The summed E-state index contributed by atoms with van der Waals surface area (Å²) < 4.78 is 0. The third-order valence-corrected chi connectivity index (χ3v) is 2.67. The quantitative estimate of drug-likeness (QED) is 0.615. The third kappa shape index (κ3) is 3.65. The van der Waals surface area contributed by atoms with Crippen LogP contribution in [0.1, 0.15) is 23.7 Å². The van der Waals surface area contributed by atoms with E-state index in [-0.39, 0.29) is 5.56 Å². The van der Waals surface area contributed by atoms with Gasteiger partial charge in [0.15, 0.2) is 0 Å². The van der Waals surface area contributed by atoms with E-state index in [0.29, 0.717) is 13.0 Å². The SMILES string of the molecule is CC(O)CCN(C)C(=O)c1cccc([N+](=O)[O-])c1O. The highest BCUT2D eigenvalue weighted by molar-refractivity contribution is 5.97. The van der Waals surface area contributed by atoms with Crippen molar-refractivity contribution in [3.8, 4) is 5.75 Å². The molecule has 0 saturated heterocycles. The van der Waals surface area contributed by atoms with Crippen molar-refractivity contribution in [3.05, 3.63) is 33.9 Å². The number of carbonyl (C=O) groups is 1. The second-order valence-electron chi connectivity index (χ2n) is 4.29. The van der Waals surface area contributed by atoms with Gasteiger partial charge in [0.25, 0.3) is 5.91 Å². The van der Waals surface area contributed by atoms with E-state index in [1.54, 1.807) is 6.92 Å². The number of carbonyl (C=O) groups excluding carboxylic acids is 1. The smallest absolute Gasteiger partial charge is 0.311 e. The maximum absolute atomic E-state index is 12.0. The fourth-order valence-electron chi connectivity index (χ4n) is 1.54. The molecule has 0 saturated carbocycles. The number of hydrogen-bond acceptors (Lipinski definition) is 5. The fraction of sp³-hybridized carbons (Fsp3) is 0.417. The van der Waals surface area contributed by atoms with Crippen molar-refractivity contribution < 1.29 is 19.9 Å². The topological polar surface area (TPSA) is 104 Å². The van der Waals surface area contributed by atoms with Crippen molar-refractivity contribution in [2.45, 2.75) is 19.4 Å². The van der Waals surface area contributed by atoms with Crippen molar-refractivity contribution in [3.63, 3.8) is 0 Å². The highest BCUT2D eigenvalue weighted by Crippen LogP contribution is 2.29. The lowest BCUT2D eigenvalue weighted by atomic mass is 10.1. The molecule has 2 N–H and O–H groups in total. The molecule has 1 aromatic rings. The van der Waals surface area contributed by atoms with Gasteiger partial charge in [-0.2, -0.15) is 0 Å². The van der Waals surface area contributed by atoms with Crippen LogP contribution < -0.4 is 0 Å². The van der Waals surface area contributed by atoms with E-state index in [1.807, 2.05) is 0 Å². The van der Waals surface area contributed by atoms with E-state index in [9.17, 15) is 20.0 Å². The number of phenols is 1. The summed E-state index contributed by atoms with van der Waals surface area (Å²) in [5.41, 5.74) is -0.628. The zero-order valence-electron chi connectivity index (χ0n) is 10.7. The Morgan fingerprint density at radius 2 is 2.16 bits per heavy atom. The van der Waals surface area contributed by atoms with Crippen LogP contribution in [0.2, 0.25) is 0 Å². The number of para-hydroxylation sites is 1. The molecule has 0 spiro atoms. The zero-order chi connectivity index (χ0) is 14.6. The molecule has 0 bridgehead atoms. The third-order valence-electron chi connectivity index (χ3n) is 2.67. The number of nitro benzene ring substituents is 1. The second kappa shape index (κ2) is 6.14. The molecule has 1 rings (SSSR count). The molecule has 19 heavy (non-hydrogen) atoms. The summed E-state index contributed by atoms with van der Waals surface area (Å²) in [6.45, 7) is 1.89. The summed E-state index contributed by atoms with van der Waals surface area (Å²) in [5, 5.41) is 29.5. The molecular weight excluding hydrogens is 252 g/mol. The molecule has 0 fully saturated rings. The summed E-state index contributed by atoms with van der Waals surface area (Å²) >= 11 is 0. The molecule has 0 radical (unpaired) electrons. The Bertz CT molecular complexity index is 487. The number of amides is 1. The molecule has 1 amide bonds. The summed E-state index contributed by atoms with van der Waals surface area (Å²) in [4.78, 5) is 23.2. The molecule has 7 heteroatoms. The zero-order valence-corrected chi connectivity index (χ0v) is 10.7. The minimum absolute atomic E-state index is 0.123. The molecule has 7 nitrogen and oxygen atoms in total. The van der Waals surface area contributed by atoms with Crippen molar-refractivity contribution in [2.75, 3.05) is 13.6 Å². The van der Waals surface area contributed by atoms with Gasteiger partial charge in [-0.15, -0.1) is 0 Å². The monoisotopic (exact) mass is 268 g/mol. The van der Waals surface area contributed by atoms with Gasteiger partial charge in [0, 0.05) is 19.7 Å². The first-order chi connectivity index (χ1) is 8.84. The van der Waals surface area contributed by atoms with Crippen LogP contribution in [0.15, 0.2) is 18.2 Å². The largest absolute Gasteiger partial charge is 0.502 e. The van der Waals surface area contributed by atoms with E-state index in [0.717, 1.165) is 6.07 Å². The predicted octanol–water partition coefficient (Wildman–Crippen LogP) is 1.14. The standard InChI is InChI=1S/C12H16N2O5/c1-8(15)6-7-13(2)12(17)9-4-3-5-10(11(9)16)14(18)19/h3-5,8,15-16H,6-7H2,1-2H3. The first-order valence-electron chi connectivity index (χ1n) is 5.74. The number of rotatable bonds is 5. The number of aliphatic hydroxyl groups is 1. The molecule has 0 aromatic heterocycles. The van der Waals surface area contributed by atoms with Crippen LogP contribution in [0.3, 0.4) is 0 Å². The first-order valence-corrected chi connectivity index (χ1v) is 5.74. The van der Waals surface area contributed by atoms with E-state index < -0.39 is 28.4 Å². The molecule has 0 aliphatic heterocycles. The van der Waals surface area contributed by atoms with Crippen LogP contribution in [-0.4, -0.2) is 45.6 Å². The number of hydrogen-bond donors (Lipinski definition) is 2. The number of aliphatic hydroxyl groups excluding tert-OH is 1. The molecule has 1 atom stereocenters. The number of nitrogens with zero attached hydrogens (tertiary/aromatic N) is 2. The fourth-order valence-corrected chi connectivity index (χ4v) is 1.54. The van der Waals surface area contributed by atoms with Gasteiger partial charge in [0.05, 0.1) is 16.6 Å². The average molecular weight is 268 g/mol. The molecule has 0 aliphatic rings. The van der Waals surface area contributed by atoms with Crippen molar-refractivity contribution >= 4 is 11.6 Å². The van der Waals surface area contributed by atoms with Gasteiger partial charge in [0.2, 0.25) is 5.75 Å². The van der Waals surface area contributed by atoms with E-state index in [2.05, 4.69) is 0 Å². The minimum Gasteiger partial charge on any atom is -0.502 e. The van der Waals surface area contributed by atoms with Crippen LogP contribution in [0.5, 0.6) is 5.75 Å². The molecule has 0 heterocycles. The Hall–Kier alpha value is -2.15. The Morgan fingerprint density at radius 3 is 2.68 bits per heavy atom. The molecule has 1 aromatic carbocycles. The molecule has 1 unspecified atom stereocenters. The molecule has 0 aliphatic carbocycles. The van der Waals surface area contributed by atoms with E-state index in [4.69, 9.17) is 5.11 Å². The van der Waals surface area contributed by atoms with Gasteiger partial charge in [-0.05, 0) is 19.4 Å². The summed E-state index contributed by atoms with van der Waals surface area (Å²) in [5.74, 6) is -1.16. The van der Waals surface area contributed by atoms with Gasteiger partial charge in [-0.25, -0.2) is 0 Å². The number of aromatic hydroxyl groups is 1. The summed E-state index contributed by atoms with van der Waals surface area (Å²) in [7, 11) is 1.50. The second-order valence-corrected chi connectivity index (χ2v) is 4.29. The maximum atomic E-state index is 12.0. The van der Waals surface area contributed by atoms with Crippen LogP contribution in [0.25, 0.3) is 0 Å². The van der Waals surface area contributed by atoms with Gasteiger partial charge >= 0.3 is 5.69 Å². The van der Waals surface area contributed by atoms with Crippen molar-refractivity contribution in [1.82, 2.24) is 4.90 Å². The Balaban J connectivity index is 2.94. The minimum atomic E-state index is -0.748. The lowest BCUT2D eigenvalue weighted by Gasteiger charge is -2.18. The summed E-state index contributed by atoms with van der Waals surface area (Å²) in [6.07, 6.45) is -0.160.